The quantitative estimate of drug-likeness (QED) is 0.664. The van der Waals surface area contributed by atoms with E-state index in [0.717, 1.165) is 10.9 Å². The molecule has 3 rings (SSSR count). The summed E-state index contributed by atoms with van der Waals surface area (Å²) in [6, 6.07) is 15.5. The molecule has 0 bridgehead atoms. The van der Waals surface area contributed by atoms with E-state index >= 15 is 0 Å². The van der Waals surface area contributed by atoms with Gasteiger partial charge in [0.15, 0.2) is 0 Å². The van der Waals surface area contributed by atoms with Gasteiger partial charge < -0.3 is 15.3 Å². The molecule has 0 aliphatic rings. The van der Waals surface area contributed by atoms with Crippen LogP contribution in [-0.4, -0.2) is 15.3 Å². The maximum atomic E-state index is 10.1. The van der Waals surface area contributed by atoms with Crippen LogP contribution in [0.25, 0.3) is 10.8 Å². The zero-order valence-electron chi connectivity index (χ0n) is 10.7. The summed E-state index contributed by atoms with van der Waals surface area (Å²) in [6.45, 7) is 0. The topological polar surface area (TPSA) is 60.7 Å². The fourth-order valence-electron chi connectivity index (χ4n) is 2.42. The predicted molar refractivity (Wildman–Crippen MR) is 78.2 cm³/mol. The van der Waals surface area contributed by atoms with Gasteiger partial charge in [-0.05, 0) is 35.2 Å². The number of hydrogen-bond donors (Lipinski definition) is 3. The Labute approximate surface area is 116 Å². The molecule has 3 nitrogen and oxygen atoms in total. The van der Waals surface area contributed by atoms with E-state index < -0.39 is 0 Å². The first-order valence-electron chi connectivity index (χ1n) is 6.35. The van der Waals surface area contributed by atoms with Crippen LogP contribution in [0.5, 0.6) is 17.2 Å². The van der Waals surface area contributed by atoms with Crippen LogP contribution in [0.2, 0.25) is 0 Å². The van der Waals surface area contributed by atoms with Gasteiger partial charge in [-0.2, -0.15) is 0 Å². The van der Waals surface area contributed by atoms with Crippen molar-refractivity contribution in [3.8, 4) is 17.2 Å². The number of hydrogen-bond acceptors (Lipinski definition) is 3. The smallest absolute Gasteiger partial charge is 0.123 e. The average molecular weight is 266 g/mol. The van der Waals surface area contributed by atoms with Crippen LogP contribution >= 0.6 is 0 Å². The SMILES string of the molecule is Oc1ccc(Cc2c(O)ccc3cccc(O)c23)cc1. The van der Waals surface area contributed by atoms with Crippen molar-refractivity contribution in [1.82, 2.24) is 0 Å². The normalized spacial score (nSPS) is 10.8. The van der Waals surface area contributed by atoms with Crippen molar-refractivity contribution in [2.45, 2.75) is 6.42 Å². The molecule has 0 heterocycles. The molecule has 0 unspecified atom stereocenters. The van der Waals surface area contributed by atoms with E-state index in [4.69, 9.17) is 0 Å². The van der Waals surface area contributed by atoms with Gasteiger partial charge in [-0.1, -0.05) is 30.3 Å². The summed E-state index contributed by atoms with van der Waals surface area (Å²) in [5.41, 5.74) is 1.64. The molecular formula is C17H14O3. The standard InChI is InChI=1S/C17H14O3/c18-13-7-4-11(5-8-13)10-14-15(19)9-6-12-2-1-3-16(20)17(12)14/h1-9,18-20H,10H2. The maximum absolute atomic E-state index is 10.1. The summed E-state index contributed by atoms with van der Waals surface area (Å²) in [7, 11) is 0. The Morgan fingerprint density at radius 2 is 1.45 bits per heavy atom. The minimum Gasteiger partial charge on any atom is -0.508 e. The van der Waals surface area contributed by atoms with Gasteiger partial charge in [0, 0.05) is 17.4 Å². The second-order valence-electron chi connectivity index (χ2n) is 4.78. The number of phenolic OH excluding ortho intramolecular Hbond substituents is 3. The summed E-state index contributed by atoms with van der Waals surface area (Å²) in [6.07, 6.45) is 0.487. The van der Waals surface area contributed by atoms with E-state index in [1.54, 1.807) is 48.5 Å². The van der Waals surface area contributed by atoms with Gasteiger partial charge in [-0.15, -0.1) is 0 Å². The molecule has 0 aliphatic heterocycles. The highest BCUT2D eigenvalue weighted by molar-refractivity contribution is 5.93. The third-order valence-corrected chi connectivity index (χ3v) is 3.42. The van der Waals surface area contributed by atoms with Crippen LogP contribution in [0.3, 0.4) is 0 Å². The van der Waals surface area contributed by atoms with Gasteiger partial charge in [-0.25, -0.2) is 0 Å². The van der Waals surface area contributed by atoms with Gasteiger partial charge in [-0.3, -0.25) is 0 Å². The molecule has 0 saturated carbocycles. The summed E-state index contributed by atoms with van der Waals surface area (Å²) < 4.78 is 0. The first kappa shape index (κ1) is 12.4. The van der Waals surface area contributed by atoms with Crippen molar-refractivity contribution in [1.29, 1.82) is 0 Å². The van der Waals surface area contributed by atoms with Crippen LogP contribution in [0.15, 0.2) is 54.6 Å². The van der Waals surface area contributed by atoms with Crippen LogP contribution in [-0.2, 0) is 6.42 Å². The molecule has 3 aromatic carbocycles. The van der Waals surface area contributed by atoms with Crippen molar-refractivity contribution in [3.05, 3.63) is 65.7 Å². The van der Waals surface area contributed by atoms with Crippen LogP contribution in [0.1, 0.15) is 11.1 Å². The minimum absolute atomic E-state index is 0.159. The van der Waals surface area contributed by atoms with Crippen molar-refractivity contribution in [2.75, 3.05) is 0 Å². The zero-order valence-corrected chi connectivity index (χ0v) is 10.7. The molecule has 3 heteroatoms. The summed E-state index contributed by atoms with van der Waals surface area (Å²) in [5, 5.41) is 31.0. The third-order valence-electron chi connectivity index (χ3n) is 3.42. The van der Waals surface area contributed by atoms with Gasteiger partial charge in [0.2, 0.25) is 0 Å². The Bertz CT molecular complexity index is 761. The Hall–Kier alpha value is -2.68. The molecule has 0 spiro atoms. The Morgan fingerprint density at radius 1 is 0.700 bits per heavy atom. The largest absolute Gasteiger partial charge is 0.508 e. The van der Waals surface area contributed by atoms with Gasteiger partial charge >= 0.3 is 0 Å². The molecule has 100 valence electrons. The van der Waals surface area contributed by atoms with Crippen molar-refractivity contribution < 1.29 is 15.3 Å². The number of phenols is 3. The molecule has 20 heavy (non-hydrogen) atoms. The van der Waals surface area contributed by atoms with Crippen LogP contribution < -0.4 is 0 Å². The molecular weight excluding hydrogens is 252 g/mol. The summed E-state index contributed by atoms with van der Waals surface area (Å²) in [5.74, 6) is 0.526. The van der Waals surface area contributed by atoms with Crippen molar-refractivity contribution in [3.63, 3.8) is 0 Å². The van der Waals surface area contributed by atoms with E-state index in [1.807, 2.05) is 6.07 Å². The van der Waals surface area contributed by atoms with Crippen LogP contribution in [0, 0.1) is 0 Å². The highest BCUT2D eigenvalue weighted by Crippen LogP contribution is 2.34. The molecule has 3 N–H and O–H groups in total. The molecule has 0 aliphatic carbocycles. The fourth-order valence-corrected chi connectivity index (χ4v) is 2.42. The van der Waals surface area contributed by atoms with E-state index in [2.05, 4.69) is 0 Å². The Morgan fingerprint density at radius 3 is 2.20 bits per heavy atom. The average Bonchev–Trinajstić information content (AvgIpc) is 2.44. The summed E-state index contributed by atoms with van der Waals surface area (Å²) >= 11 is 0. The zero-order chi connectivity index (χ0) is 14.1. The van der Waals surface area contributed by atoms with E-state index in [9.17, 15) is 15.3 Å². The highest BCUT2D eigenvalue weighted by Gasteiger charge is 2.11. The van der Waals surface area contributed by atoms with Gasteiger partial charge in [0.1, 0.15) is 17.2 Å². The lowest BCUT2D eigenvalue weighted by Crippen LogP contribution is -1.91. The molecule has 0 atom stereocenters. The molecule has 0 aromatic heterocycles. The second-order valence-corrected chi connectivity index (χ2v) is 4.78. The number of benzene rings is 3. The van der Waals surface area contributed by atoms with Gasteiger partial charge in [0.05, 0.1) is 0 Å². The first-order valence-corrected chi connectivity index (χ1v) is 6.35. The van der Waals surface area contributed by atoms with Gasteiger partial charge in [0.25, 0.3) is 0 Å². The lowest BCUT2D eigenvalue weighted by molar-refractivity contribution is 0.466. The molecule has 0 amide bonds. The molecule has 0 radical (unpaired) electrons. The molecule has 0 saturated heterocycles. The molecule has 3 aromatic rings. The lowest BCUT2D eigenvalue weighted by atomic mass is 9.97. The van der Waals surface area contributed by atoms with Crippen LogP contribution in [0.4, 0.5) is 0 Å². The minimum atomic E-state index is 0.159. The second kappa shape index (κ2) is 4.78. The number of fused-ring (bicyclic) bond motifs is 1. The highest BCUT2D eigenvalue weighted by atomic mass is 16.3. The van der Waals surface area contributed by atoms with Crippen molar-refractivity contribution >= 4 is 10.8 Å². The number of aromatic hydroxyl groups is 3. The predicted octanol–water partition coefficient (Wildman–Crippen LogP) is 3.55. The Balaban J connectivity index is 2.15. The maximum Gasteiger partial charge on any atom is 0.123 e. The van der Waals surface area contributed by atoms with Crippen molar-refractivity contribution in [2.24, 2.45) is 0 Å². The molecule has 0 fully saturated rings. The lowest BCUT2D eigenvalue weighted by Gasteiger charge is -2.11. The van der Waals surface area contributed by atoms with E-state index in [-0.39, 0.29) is 17.2 Å². The summed E-state index contributed by atoms with van der Waals surface area (Å²) in [4.78, 5) is 0. The monoisotopic (exact) mass is 266 g/mol. The Kier molecular flexibility index (Phi) is 2.95. The van der Waals surface area contributed by atoms with E-state index in [0.29, 0.717) is 17.4 Å². The first-order chi connectivity index (χ1) is 9.65. The fraction of sp³-hybridized carbons (Fsp3) is 0.0588. The third kappa shape index (κ3) is 2.14. The number of rotatable bonds is 2. The van der Waals surface area contributed by atoms with E-state index in [1.165, 1.54) is 0 Å².